The third-order valence-corrected chi connectivity index (χ3v) is 5.25. The second kappa shape index (κ2) is 5.57. The van der Waals surface area contributed by atoms with E-state index < -0.39 is 0 Å². The quantitative estimate of drug-likeness (QED) is 0.924. The first-order chi connectivity index (χ1) is 8.84. The van der Waals surface area contributed by atoms with Crippen molar-refractivity contribution in [3.8, 4) is 0 Å². The Morgan fingerprint density at radius 3 is 2.42 bits per heavy atom. The summed E-state index contributed by atoms with van der Waals surface area (Å²) >= 11 is 3.70. The highest BCUT2D eigenvalue weighted by atomic mass is 79.9. The standard InChI is InChI=1S/C15H26BrN3/c1-5-12-14(16)13(19(4)18-12)9-15(17)7-10(2)6-11(3)8-15/h10-11H,5-9,17H2,1-4H3. The highest BCUT2D eigenvalue weighted by Crippen LogP contribution is 2.37. The summed E-state index contributed by atoms with van der Waals surface area (Å²) in [5.74, 6) is 1.46. The van der Waals surface area contributed by atoms with Crippen LogP contribution in [-0.4, -0.2) is 15.3 Å². The van der Waals surface area contributed by atoms with E-state index >= 15 is 0 Å². The summed E-state index contributed by atoms with van der Waals surface area (Å²) in [5, 5.41) is 4.58. The number of rotatable bonds is 3. The van der Waals surface area contributed by atoms with Gasteiger partial charge in [-0.2, -0.15) is 5.10 Å². The van der Waals surface area contributed by atoms with Crippen molar-refractivity contribution in [2.24, 2.45) is 24.6 Å². The van der Waals surface area contributed by atoms with Gasteiger partial charge in [0.2, 0.25) is 0 Å². The second-order valence-corrected chi connectivity index (χ2v) is 7.37. The van der Waals surface area contributed by atoms with Gasteiger partial charge in [0.1, 0.15) is 0 Å². The van der Waals surface area contributed by atoms with Crippen LogP contribution in [0.3, 0.4) is 0 Å². The Balaban J connectivity index is 2.22. The highest BCUT2D eigenvalue weighted by molar-refractivity contribution is 9.10. The maximum Gasteiger partial charge on any atom is 0.0766 e. The monoisotopic (exact) mass is 327 g/mol. The van der Waals surface area contributed by atoms with E-state index in [9.17, 15) is 0 Å². The van der Waals surface area contributed by atoms with Crippen molar-refractivity contribution in [3.05, 3.63) is 15.9 Å². The van der Waals surface area contributed by atoms with Gasteiger partial charge in [0.15, 0.2) is 0 Å². The van der Waals surface area contributed by atoms with E-state index in [0.717, 1.165) is 47.7 Å². The molecule has 19 heavy (non-hydrogen) atoms. The first-order valence-electron chi connectivity index (χ1n) is 7.33. The molecule has 1 saturated carbocycles. The van der Waals surface area contributed by atoms with Crippen LogP contribution in [0.1, 0.15) is 51.4 Å². The highest BCUT2D eigenvalue weighted by Gasteiger charge is 2.36. The predicted molar refractivity (Wildman–Crippen MR) is 83.1 cm³/mol. The van der Waals surface area contributed by atoms with Crippen LogP contribution < -0.4 is 5.73 Å². The molecule has 108 valence electrons. The van der Waals surface area contributed by atoms with Gasteiger partial charge in [0, 0.05) is 19.0 Å². The fraction of sp³-hybridized carbons (Fsp3) is 0.800. The van der Waals surface area contributed by atoms with Crippen LogP contribution in [-0.2, 0) is 19.9 Å². The van der Waals surface area contributed by atoms with Crippen molar-refractivity contribution in [2.45, 2.75) is 58.4 Å². The first-order valence-corrected chi connectivity index (χ1v) is 8.13. The minimum Gasteiger partial charge on any atom is -0.325 e. The molecule has 1 heterocycles. The average molecular weight is 328 g/mol. The van der Waals surface area contributed by atoms with Crippen LogP contribution in [0.15, 0.2) is 4.47 Å². The number of aryl methyl sites for hydroxylation is 2. The molecule has 4 heteroatoms. The van der Waals surface area contributed by atoms with Gasteiger partial charge >= 0.3 is 0 Å². The average Bonchev–Trinajstić information content (AvgIpc) is 2.54. The zero-order valence-corrected chi connectivity index (χ0v) is 14.1. The molecule has 0 aliphatic heterocycles. The van der Waals surface area contributed by atoms with Crippen LogP contribution in [0.4, 0.5) is 0 Å². The molecule has 2 atom stereocenters. The fourth-order valence-corrected chi connectivity index (χ4v) is 4.57. The molecule has 1 aromatic heterocycles. The zero-order chi connectivity index (χ0) is 14.2. The Hall–Kier alpha value is -0.350. The lowest BCUT2D eigenvalue weighted by Crippen LogP contribution is -2.48. The molecule has 1 aliphatic carbocycles. The number of hydrogen-bond acceptors (Lipinski definition) is 2. The third-order valence-electron chi connectivity index (χ3n) is 4.34. The molecule has 0 saturated heterocycles. The Kier molecular flexibility index (Phi) is 4.41. The minimum atomic E-state index is -0.0710. The van der Waals surface area contributed by atoms with E-state index in [2.05, 4.69) is 41.8 Å². The summed E-state index contributed by atoms with van der Waals surface area (Å²) in [6.45, 7) is 6.79. The summed E-state index contributed by atoms with van der Waals surface area (Å²) in [6, 6.07) is 0. The molecule has 0 spiro atoms. The smallest absolute Gasteiger partial charge is 0.0766 e. The number of nitrogens with zero attached hydrogens (tertiary/aromatic N) is 2. The normalized spacial score (nSPS) is 31.7. The maximum atomic E-state index is 6.70. The van der Waals surface area contributed by atoms with Gasteiger partial charge in [-0.1, -0.05) is 20.8 Å². The van der Waals surface area contributed by atoms with E-state index in [4.69, 9.17) is 5.73 Å². The molecular weight excluding hydrogens is 302 g/mol. The van der Waals surface area contributed by atoms with Crippen molar-refractivity contribution >= 4 is 15.9 Å². The van der Waals surface area contributed by atoms with E-state index in [-0.39, 0.29) is 5.54 Å². The summed E-state index contributed by atoms with van der Waals surface area (Å²) in [7, 11) is 2.03. The molecule has 2 unspecified atom stereocenters. The third kappa shape index (κ3) is 3.22. The summed E-state index contributed by atoms with van der Waals surface area (Å²) in [5.41, 5.74) is 9.02. The van der Waals surface area contributed by atoms with E-state index in [0.29, 0.717) is 0 Å². The van der Waals surface area contributed by atoms with Gasteiger partial charge in [-0.05, 0) is 53.4 Å². The summed E-state index contributed by atoms with van der Waals surface area (Å²) in [6.07, 6.45) is 5.43. The van der Waals surface area contributed by atoms with Gasteiger partial charge in [-0.3, -0.25) is 4.68 Å². The van der Waals surface area contributed by atoms with E-state index in [1.54, 1.807) is 0 Å². The van der Waals surface area contributed by atoms with Gasteiger partial charge < -0.3 is 5.73 Å². The molecule has 0 bridgehead atoms. The second-order valence-electron chi connectivity index (χ2n) is 6.58. The lowest BCUT2D eigenvalue weighted by atomic mass is 9.70. The fourth-order valence-electron chi connectivity index (χ4n) is 3.81. The van der Waals surface area contributed by atoms with Crippen LogP contribution in [0.25, 0.3) is 0 Å². The molecule has 0 radical (unpaired) electrons. The zero-order valence-electron chi connectivity index (χ0n) is 12.5. The van der Waals surface area contributed by atoms with Gasteiger partial charge in [0.25, 0.3) is 0 Å². The molecule has 2 N–H and O–H groups in total. The Morgan fingerprint density at radius 2 is 1.95 bits per heavy atom. The molecular formula is C15H26BrN3. The Bertz CT molecular complexity index is 442. The lowest BCUT2D eigenvalue weighted by molar-refractivity contribution is 0.180. The largest absolute Gasteiger partial charge is 0.325 e. The number of nitrogens with two attached hydrogens (primary N) is 1. The molecule has 0 aromatic carbocycles. The Morgan fingerprint density at radius 1 is 1.37 bits per heavy atom. The summed E-state index contributed by atoms with van der Waals surface area (Å²) < 4.78 is 3.16. The predicted octanol–water partition coefficient (Wildman–Crippen LogP) is 3.44. The van der Waals surface area contributed by atoms with Crippen molar-refractivity contribution < 1.29 is 0 Å². The van der Waals surface area contributed by atoms with E-state index in [1.807, 2.05) is 11.7 Å². The molecule has 3 nitrogen and oxygen atoms in total. The maximum absolute atomic E-state index is 6.70. The minimum absolute atomic E-state index is 0.0710. The molecule has 1 aromatic rings. The van der Waals surface area contributed by atoms with Crippen molar-refractivity contribution in [1.29, 1.82) is 0 Å². The van der Waals surface area contributed by atoms with Crippen molar-refractivity contribution in [3.63, 3.8) is 0 Å². The van der Waals surface area contributed by atoms with Crippen molar-refractivity contribution in [2.75, 3.05) is 0 Å². The van der Waals surface area contributed by atoms with Crippen LogP contribution >= 0.6 is 15.9 Å². The number of halogens is 1. The number of hydrogen-bond donors (Lipinski definition) is 1. The number of aromatic nitrogens is 2. The molecule has 2 rings (SSSR count). The lowest BCUT2D eigenvalue weighted by Gasteiger charge is -2.40. The molecule has 0 amide bonds. The SMILES string of the molecule is CCc1nn(C)c(CC2(N)CC(C)CC(C)C2)c1Br. The van der Waals surface area contributed by atoms with Gasteiger partial charge in [0.05, 0.1) is 15.9 Å². The topological polar surface area (TPSA) is 43.8 Å². The van der Waals surface area contributed by atoms with Gasteiger partial charge in [-0.15, -0.1) is 0 Å². The Labute approximate surface area is 125 Å². The first kappa shape index (κ1) is 15.0. The summed E-state index contributed by atoms with van der Waals surface area (Å²) in [4.78, 5) is 0. The van der Waals surface area contributed by atoms with Crippen LogP contribution in [0.5, 0.6) is 0 Å². The van der Waals surface area contributed by atoms with E-state index in [1.165, 1.54) is 12.1 Å². The van der Waals surface area contributed by atoms with Crippen LogP contribution in [0.2, 0.25) is 0 Å². The van der Waals surface area contributed by atoms with Crippen molar-refractivity contribution in [1.82, 2.24) is 9.78 Å². The van der Waals surface area contributed by atoms with Crippen LogP contribution in [0, 0.1) is 11.8 Å². The molecule has 1 fully saturated rings. The van der Waals surface area contributed by atoms with Gasteiger partial charge in [-0.25, -0.2) is 0 Å². The molecule has 1 aliphatic rings.